The van der Waals surface area contributed by atoms with E-state index in [1.807, 2.05) is 36.4 Å². The average Bonchev–Trinajstić information content (AvgIpc) is 2.77. The van der Waals surface area contributed by atoms with Crippen molar-refractivity contribution in [1.82, 2.24) is 4.98 Å². The highest BCUT2D eigenvalue weighted by Gasteiger charge is 2.28. The van der Waals surface area contributed by atoms with E-state index in [2.05, 4.69) is 47.9 Å². The van der Waals surface area contributed by atoms with Crippen molar-refractivity contribution in [3.8, 4) is 23.3 Å². The van der Waals surface area contributed by atoms with Crippen LogP contribution in [-0.2, 0) is 24.6 Å². The maximum absolute atomic E-state index is 11.8. The summed E-state index contributed by atoms with van der Waals surface area (Å²) in [5.74, 6) is 8.95. The van der Waals surface area contributed by atoms with Gasteiger partial charge < -0.3 is 14.2 Å². The van der Waals surface area contributed by atoms with E-state index in [9.17, 15) is 4.79 Å². The molecular weight excluding hydrogens is 418 g/mol. The first-order valence-corrected chi connectivity index (χ1v) is 14.2. The van der Waals surface area contributed by atoms with E-state index in [0.29, 0.717) is 24.5 Å². The van der Waals surface area contributed by atoms with Gasteiger partial charge in [-0.2, -0.15) is 0 Å². The molecule has 1 aliphatic rings. The second kappa shape index (κ2) is 10.1. The van der Waals surface area contributed by atoms with Crippen LogP contribution in [0.2, 0.25) is 19.6 Å². The Morgan fingerprint density at radius 3 is 2.34 bits per heavy atom. The van der Waals surface area contributed by atoms with Crippen LogP contribution in [0.15, 0.2) is 42.6 Å². The quantitative estimate of drug-likeness (QED) is 0.392. The van der Waals surface area contributed by atoms with Crippen molar-refractivity contribution in [2.24, 2.45) is 0 Å². The molecule has 1 atom stereocenters. The van der Waals surface area contributed by atoms with Crippen LogP contribution in [0.3, 0.4) is 0 Å². The van der Waals surface area contributed by atoms with E-state index in [4.69, 9.17) is 14.2 Å². The predicted octanol–water partition coefficient (Wildman–Crippen LogP) is 4.58. The van der Waals surface area contributed by atoms with E-state index >= 15 is 0 Å². The lowest BCUT2D eigenvalue weighted by Gasteiger charge is -2.24. The van der Waals surface area contributed by atoms with E-state index in [0.717, 1.165) is 17.5 Å². The molecule has 1 saturated heterocycles. The molecule has 32 heavy (non-hydrogen) atoms. The SMILES string of the molecule is CC(=O)OC(C)(C#Cc1ccc(C2OCCCO2)cc1)c1ccc(C#C[Si](C)(C)C)nc1. The number of hydrogen-bond donors (Lipinski definition) is 0. The third kappa shape index (κ3) is 6.80. The van der Waals surface area contributed by atoms with Crippen LogP contribution in [0.25, 0.3) is 0 Å². The fourth-order valence-electron chi connectivity index (χ4n) is 3.04. The van der Waals surface area contributed by atoms with Gasteiger partial charge in [-0.3, -0.25) is 4.79 Å². The number of pyridine rings is 1. The Labute approximate surface area is 191 Å². The minimum absolute atomic E-state index is 0.328. The molecule has 1 aromatic heterocycles. The molecule has 0 radical (unpaired) electrons. The Balaban J connectivity index is 1.82. The fraction of sp³-hybridized carbons (Fsp3) is 0.385. The zero-order chi connectivity index (χ0) is 23.2. The number of benzene rings is 1. The Bertz CT molecular complexity index is 1060. The predicted molar refractivity (Wildman–Crippen MR) is 126 cm³/mol. The van der Waals surface area contributed by atoms with Crippen LogP contribution >= 0.6 is 0 Å². The molecule has 166 valence electrons. The van der Waals surface area contributed by atoms with Gasteiger partial charge in [0.05, 0.1) is 13.2 Å². The maximum Gasteiger partial charge on any atom is 0.304 e. The molecule has 6 heteroatoms. The summed E-state index contributed by atoms with van der Waals surface area (Å²) in [6.07, 6.45) is 2.26. The van der Waals surface area contributed by atoms with Crippen molar-refractivity contribution < 1.29 is 19.0 Å². The zero-order valence-electron chi connectivity index (χ0n) is 19.3. The van der Waals surface area contributed by atoms with Gasteiger partial charge in [0.1, 0.15) is 13.8 Å². The number of carbonyl (C=O) groups is 1. The second-order valence-corrected chi connectivity index (χ2v) is 13.6. The van der Waals surface area contributed by atoms with Crippen molar-refractivity contribution in [2.45, 2.75) is 51.8 Å². The summed E-state index contributed by atoms with van der Waals surface area (Å²) in [5.41, 5.74) is 5.31. The first-order chi connectivity index (χ1) is 15.1. The Hall–Kier alpha value is -2.90. The summed E-state index contributed by atoms with van der Waals surface area (Å²) in [6, 6.07) is 11.4. The molecule has 3 rings (SSSR count). The van der Waals surface area contributed by atoms with E-state index < -0.39 is 19.6 Å². The molecule has 0 aliphatic carbocycles. The van der Waals surface area contributed by atoms with Gasteiger partial charge in [-0.1, -0.05) is 43.6 Å². The fourth-order valence-corrected chi connectivity index (χ4v) is 3.54. The lowest BCUT2D eigenvalue weighted by Crippen LogP contribution is -2.26. The van der Waals surface area contributed by atoms with E-state index in [1.165, 1.54) is 6.92 Å². The number of esters is 1. The van der Waals surface area contributed by atoms with Gasteiger partial charge in [-0.25, -0.2) is 4.98 Å². The molecule has 1 unspecified atom stereocenters. The Morgan fingerprint density at radius 2 is 1.78 bits per heavy atom. The van der Waals surface area contributed by atoms with Crippen molar-refractivity contribution >= 4 is 14.0 Å². The molecule has 1 aliphatic heterocycles. The number of hydrogen-bond acceptors (Lipinski definition) is 5. The molecule has 1 aromatic carbocycles. The molecule has 5 nitrogen and oxygen atoms in total. The number of carbonyl (C=O) groups excluding carboxylic acids is 1. The summed E-state index contributed by atoms with van der Waals surface area (Å²) < 4.78 is 16.9. The van der Waals surface area contributed by atoms with Gasteiger partial charge in [-0.15, -0.1) is 5.54 Å². The van der Waals surface area contributed by atoms with Gasteiger partial charge in [0.15, 0.2) is 11.9 Å². The van der Waals surface area contributed by atoms with Crippen LogP contribution in [-0.4, -0.2) is 32.2 Å². The van der Waals surface area contributed by atoms with Crippen molar-refractivity contribution in [3.05, 3.63) is 65.0 Å². The van der Waals surface area contributed by atoms with Crippen molar-refractivity contribution in [1.29, 1.82) is 0 Å². The number of aromatic nitrogens is 1. The standard InChI is InChI=1S/C26H29NO4Si/c1-20(28)31-26(2,23-11-12-24(27-19-23)14-18-32(3,4)5)15-13-21-7-9-22(10-8-21)25-29-16-6-17-30-25/h7-12,19,25H,6,16-17H2,1-5H3. The summed E-state index contributed by atoms with van der Waals surface area (Å²) in [5, 5.41) is 0. The molecule has 2 heterocycles. The van der Waals surface area contributed by atoms with Gasteiger partial charge in [0.2, 0.25) is 0 Å². The van der Waals surface area contributed by atoms with Crippen LogP contribution in [0.5, 0.6) is 0 Å². The number of rotatable bonds is 3. The molecule has 0 N–H and O–H groups in total. The Kier molecular flexibility index (Phi) is 7.53. The van der Waals surface area contributed by atoms with Gasteiger partial charge >= 0.3 is 5.97 Å². The molecule has 0 amide bonds. The first-order valence-electron chi connectivity index (χ1n) is 10.7. The maximum atomic E-state index is 11.8. The van der Waals surface area contributed by atoms with E-state index in [1.54, 1.807) is 13.1 Å². The van der Waals surface area contributed by atoms with Crippen LogP contribution < -0.4 is 0 Å². The average molecular weight is 448 g/mol. The molecule has 1 fully saturated rings. The number of ether oxygens (including phenoxy) is 3. The normalized spacial score (nSPS) is 16.0. The van der Waals surface area contributed by atoms with Crippen LogP contribution in [0, 0.1) is 23.3 Å². The zero-order valence-corrected chi connectivity index (χ0v) is 20.3. The number of nitrogens with zero attached hydrogens (tertiary/aromatic N) is 1. The second-order valence-electron chi connectivity index (χ2n) is 8.86. The summed E-state index contributed by atoms with van der Waals surface area (Å²) in [4.78, 5) is 16.2. The van der Waals surface area contributed by atoms with Gasteiger partial charge in [-0.05, 0) is 43.5 Å². The van der Waals surface area contributed by atoms with Crippen molar-refractivity contribution in [3.63, 3.8) is 0 Å². The largest absolute Gasteiger partial charge is 0.442 e. The van der Waals surface area contributed by atoms with Gasteiger partial charge in [0, 0.05) is 29.8 Å². The topological polar surface area (TPSA) is 57.7 Å². The third-order valence-corrected chi connectivity index (χ3v) is 5.56. The van der Waals surface area contributed by atoms with Crippen LogP contribution in [0.4, 0.5) is 0 Å². The highest BCUT2D eigenvalue weighted by atomic mass is 28.3. The highest BCUT2D eigenvalue weighted by molar-refractivity contribution is 6.83. The van der Waals surface area contributed by atoms with Crippen molar-refractivity contribution in [2.75, 3.05) is 13.2 Å². The first kappa shape index (κ1) is 23.8. The summed E-state index contributed by atoms with van der Waals surface area (Å²) >= 11 is 0. The summed E-state index contributed by atoms with van der Waals surface area (Å²) in [6.45, 7) is 11.1. The third-order valence-electron chi connectivity index (χ3n) is 4.68. The van der Waals surface area contributed by atoms with Crippen LogP contribution in [0.1, 0.15) is 48.9 Å². The van der Waals surface area contributed by atoms with E-state index in [-0.39, 0.29) is 6.29 Å². The Morgan fingerprint density at radius 1 is 1.09 bits per heavy atom. The minimum Gasteiger partial charge on any atom is -0.442 e. The smallest absolute Gasteiger partial charge is 0.304 e. The summed E-state index contributed by atoms with van der Waals surface area (Å²) in [7, 11) is -1.49. The molecule has 0 spiro atoms. The van der Waals surface area contributed by atoms with Gasteiger partial charge in [0.25, 0.3) is 0 Å². The highest BCUT2D eigenvalue weighted by Crippen LogP contribution is 2.26. The lowest BCUT2D eigenvalue weighted by molar-refractivity contribution is -0.183. The lowest BCUT2D eigenvalue weighted by atomic mass is 9.97. The minimum atomic E-state index is -1.49. The molecule has 0 bridgehead atoms. The monoisotopic (exact) mass is 447 g/mol. The molecule has 2 aromatic rings. The molecule has 0 saturated carbocycles. The molecular formula is C26H29NO4Si.